The summed E-state index contributed by atoms with van der Waals surface area (Å²) in [5, 5.41) is 12.7. The van der Waals surface area contributed by atoms with E-state index in [1.54, 1.807) is 102 Å². The van der Waals surface area contributed by atoms with Gasteiger partial charge in [-0.1, -0.05) is 87.8 Å². The summed E-state index contributed by atoms with van der Waals surface area (Å²) in [7, 11) is 4.45. The van der Waals surface area contributed by atoms with Crippen molar-refractivity contribution in [1.29, 1.82) is 0 Å². The van der Waals surface area contributed by atoms with Crippen LogP contribution in [0.5, 0.6) is 18.0 Å². The Hall–Kier alpha value is -7.56. The minimum atomic E-state index is -0.838. The van der Waals surface area contributed by atoms with Crippen LogP contribution in [-0.2, 0) is 29.2 Å². The molecule has 472 valence electrons. The molecule has 3 N–H and O–H groups in total. The van der Waals surface area contributed by atoms with Crippen LogP contribution >= 0.6 is 82.0 Å². The van der Waals surface area contributed by atoms with Gasteiger partial charge in [-0.2, -0.15) is 29.9 Å². The molecule has 0 bridgehead atoms. The number of benzene rings is 6. The van der Waals surface area contributed by atoms with Gasteiger partial charge in [-0.05, 0) is 187 Å². The first kappa shape index (κ1) is 71.5. The summed E-state index contributed by atoms with van der Waals surface area (Å²) >= 11 is 37.5. The van der Waals surface area contributed by atoms with E-state index in [9.17, 15) is 14.7 Å². The molecule has 90 heavy (non-hydrogen) atoms. The molecule has 0 aliphatic carbocycles. The molecule has 0 radical (unpaired) electrons. The zero-order chi connectivity index (χ0) is 65.1. The number of aromatic nitrogens is 9. The molecule has 0 aliphatic rings. The second kappa shape index (κ2) is 31.5. The summed E-state index contributed by atoms with van der Waals surface area (Å²) < 4.78 is 26.7. The van der Waals surface area contributed by atoms with Gasteiger partial charge in [-0.15, -0.1) is 12.4 Å². The number of hydrogen-bond donors (Lipinski definition) is 2. The number of nitrogens with two attached hydrogens (primary N) is 1. The van der Waals surface area contributed by atoms with Gasteiger partial charge in [0.1, 0.15) is 11.2 Å². The van der Waals surface area contributed by atoms with Crippen molar-refractivity contribution in [2.75, 3.05) is 21.3 Å². The largest absolute Gasteiger partial charge is 0.467 e. The molecule has 26 heteroatoms. The fourth-order valence-corrected chi connectivity index (χ4v) is 8.98. The average Bonchev–Trinajstić information content (AvgIpc) is 1.35. The number of amides is 2. The summed E-state index contributed by atoms with van der Waals surface area (Å²) in [6.45, 7) is 16.2. The maximum absolute atomic E-state index is 13.0. The van der Waals surface area contributed by atoms with E-state index in [1.165, 1.54) is 21.3 Å². The number of carbonyl (C=O) groups excluding carboxylic acids is 2. The summed E-state index contributed by atoms with van der Waals surface area (Å²) in [6, 6.07) is 32.7. The number of halogens is 7. The smallest absolute Gasteiger partial charge is 0.420 e. The maximum Gasteiger partial charge on any atom is 0.420 e. The quantitative estimate of drug-likeness (QED) is 0.109. The molecule has 0 unspecified atom stereocenters. The van der Waals surface area contributed by atoms with E-state index in [0.29, 0.717) is 99.2 Å². The van der Waals surface area contributed by atoms with Gasteiger partial charge in [0, 0.05) is 55.0 Å². The third kappa shape index (κ3) is 19.2. The first-order chi connectivity index (χ1) is 42.1. The van der Waals surface area contributed by atoms with E-state index in [0.717, 1.165) is 38.3 Å². The predicted octanol–water partition coefficient (Wildman–Crippen LogP) is 16.5. The van der Waals surface area contributed by atoms with Crippen molar-refractivity contribution in [2.45, 2.75) is 93.2 Å². The average molecular weight is 1360 g/mol. The van der Waals surface area contributed by atoms with Crippen molar-refractivity contribution in [3.05, 3.63) is 173 Å². The molecule has 3 heterocycles. The third-order valence-corrected chi connectivity index (χ3v) is 14.7. The highest BCUT2D eigenvalue weighted by Crippen LogP contribution is 2.35. The van der Waals surface area contributed by atoms with Gasteiger partial charge in [-0.25, -0.2) is 29.4 Å². The minimum Gasteiger partial charge on any atom is -0.467 e. The minimum absolute atomic E-state index is 0. The van der Waals surface area contributed by atoms with Crippen LogP contribution in [0.3, 0.4) is 0 Å². The monoisotopic (exact) mass is 1360 g/mol. The van der Waals surface area contributed by atoms with Crippen molar-refractivity contribution >= 4 is 94.2 Å². The molecule has 6 aromatic carbocycles. The highest BCUT2D eigenvalue weighted by Gasteiger charge is 2.32. The van der Waals surface area contributed by atoms with E-state index in [-0.39, 0.29) is 49.4 Å². The SMILES string of the molecule is COc1nc(-c2ccc(Cl)c(C)c2)nc(-c2cc(CN(C(=O)OC(C)(C)C)C(=O)OC(C)(C)C)ccc2Cl)n1.COc1nc(-c2ccc(Cl)c(C)c2)nc(-c2cc(CN)ccc2Cl)n1.COc1nc(-c2ccc(Cl)c(C)c2)nc(-c2cc(CO)ccc2Cl)n1.Cl. The third-order valence-electron chi connectivity index (χ3n) is 12.4. The van der Waals surface area contributed by atoms with Gasteiger partial charge in [0.25, 0.3) is 0 Å². The van der Waals surface area contributed by atoms with E-state index in [4.69, 9.17) is 99.0 Å². The Morgan fingerprint density at radius 1 is 0.433 bits per heavy atom. The van der Waals surface area contributed by atoms with Crippen LogP contribution in [0.25, 0.3) is 68.3 Å². The Balaban J connectivity index is 0.000000222. The number of aryl methyl sites for hydroxylation is 3. The topological polar surface area (TPSA) is 246 Å². The van der Waals surface area contributed by atoms with Crippen molar-refractivity contribution in [3.8, 4) is 86.4 Å². The summed E-state index contributed by atoms with van der Waals surface area (Å²) in [5.41, 5.74) is 13.1. The number of hydrogen-bond acceptors (Lipinski definition) is 18. The summed E-state index contributed by atoms with van der Waals surface area (Å²) in [5.74, 6) is 2.34. The lowest BCUT2D eigenvalue weighted by atomic mass is 10.1. The summed E-state index contributed by atoms with van der Waals surface area (Å²) in [4.78, 5) is 66.5. The van der Waals surface area contributed by atoms with Crippen LogP contribution in [-0.4, -0.2) is 99.6 Å². The van der Waals surface area contributed by atoms with Crippen LogP contribution < -0.4 is 19.9 Å². The van der Waals surface area contributed by atoms with E-state index < -0.39 is 23.4 Å². The molecule has 0 spiro atoms. The predicted molar refractivity (Wildman–Crippen MR) is 355 cm³/mol. The van der Waals surface area contributed by atoms with E-state index in [2.05, 4.69) is 44.9 Å². The molecule has 9 rings (SSSR count). The Labute approximate surface area is 558 Å². The van der Waals surface area contributed by atoms with Gasteiger partial charge >= 0.3 is 30.2 Å². The Bertz CT molecular complexity index is 3880. The number of carbonyl (C=O) groups is 2. The lowest BCUT2D eigenvalue weighted by Crippen LogP contribution is -2.43. The number of imide groups is 1. The molecule has 9 aromatic rings. The first-order valence-electron chi connectivity index (χ1n) is 27.2. The number of nitrogens with zero attached hydrogens (tertiary/aromatic N) is 10. The van der Waals surface area contributed by atoms with Crippen LogP contribution in [0.4, 0.5) is 9.59 Å². The van der Waals surface area contributed by atoms with E-state index in [1.807, 2.05) is 69.3 Å². The Kier molecular flexibility index (Phi) is 25.0. The van der Waals surface area contributed by atoms with Crippen molar-refractivity contribution in [1.82, 2.24) is 49.8 Å². The lowest BCUT2D eigenvalue weighted by molar-refractivity contribution is -0.000275. The van der Waals surface area contributed by atoms with Gasteiger partial charge in [0.2, 0.25) is 0 Å². The lowest BCUT2D eigenvalue weighted by Gasteiger charge is -2.28. The van der Waals surface area contributed by atoms with Crippen LogP contribution in [0, 0.1) is 20.8 Å². The zero-order valence-corrected chi connectivity index (χ0v) is 56.4. The maximum atomic E-state index is 13.0. The molecular formula is C64H64Cl7N11O8. The molecule has 3 aromatic heterocycles. The van der Waals surface area contributed by atoms with Crippen LogP contribution in [0.1, 0.15) is 74.9 Å². The normalized spacial score (nSPS) is 11.0. The molecule has 0 saturated carbocycles. The molecule has 0 fully saturated rings. The standard InChI is InChI=1S/C28H32Cl2N4O5.C18H16Cl2N4O.C18H15Cl2N3O2.ClH/c1-16-13-18(10-12-20(16)29)22-31-23(33-24(32-22)37-8)19-14-17(9-11-21(19)30)15-34(25(35)38-27(2,3)4)26(36)39-28(5,6)7;1-10-7-12(4-6-14(10)19)16-22-17(24-18(23-16)25-2)13-8-11(9-21)3-5-15(13)20;1-10-7-12(4-6-14(10)19)16-21-17(23-18(22-16)25-2)13-8-11(9-24)3-5-15(13)20;/h9-14H,15H2,1-8H3;3-8H,9,21H2,1-2H3;3-8,24H,9H2,1-2H3;1H. The van der Waals surface area contributed by atoms with E-state index >= 15 is 0 Å². The van der Waals surface area contributed by atoms with Gasteiger partial charge in [0.05, 0.1) is 49.5 Å². The molecule has 19 nitrogen and oxygen atoms in total. The van der Waals surface area contributed by atoms with Gasteiger partial charge in [-0.3, -0.25) is 0 Å². The Morgan fingerprint density at radius 3 is 1.02 bits per heavy atom. The molecular weight excluding hydrogens is 1300 g/mol. The van der Waals surface area contributed by atoms with Gasteiger partial charge < -0.3 is 34.5 Å². The molecule has 0 atom stereocenters. The first-order valence-corrected chi connectivity index (χ1v) is 29.5. The van der Waals surface area contributed by atoms with Gasteiger partial charge in [0.15, 0.2) is 34.9 Å². The number of methoxy groups -OCH3 is 3. The number of ether oxygens (including phenoxy) is 5. The highest BCUT2D eigenvalue weighted by molar-refractivity contribution is 6.34. The second-order valence-electron chi connectivity index (χ2n) is 21.7. The molecule has 0 saturated heterocycles. The number of aliphatic hydroxyl groups is 1. The van der Waals surface area contributed by atoms with Crippen LogP contribution in [0.15, 0.2) is 109 Å². The van der Waals surface area contributed by atoms with Crippen molar-refractivity contribution < 1.29 is 38.4 Å². The number of rotatable bonds is 13. The fourth-order valence-electron chi connectivity index (χ4n) is 8.02. The Morgan fingerprint density at radius 2 is 0.722 bits per heavy atom. The summed E-state index contributed by atoms with van der Waals surface area (Å²) in [6.07, 6.45) is -1.68. The number of aliphatic hydroxyl groups excluding tert-OH is 1. The van der Waals surface area contributed by atoms with Crippen molar-refractivity contribution in [2.24, 2.45) is 5.73 Å². The fraction of sp³-hybridized carbons (Fsp3) is 0.266. The second-order valence-corrected chi connectivity index (χ2v) is 24.1. The zero-order valence-electron chi connectivity index (χ0n) is 51.0. The molecule has 0 aliphatic heterocycles. The highest BCUT2D eigenvalue weighted by atomic mass is 35.5. The molecule has 2 amide bonds. The van der Waals surface area contributed by atoms with Crippen molar-refractivity contribution in [3.63, 3.8) is 0 Å². The van der Waals surface area contributed by atoms with Crippen LogP contribution in [0.2, 0.25) is 30.1 Å².